The van der Waals surface area contributed by atoms with Crippen LogP contribution in [0.5, 0.6) is 0 Å². The second kappa shape index (κ2) is 13.1. The molecule has 2 aromatic heterocycles. The Morgan fingerprint density at radius 1 is 1.17 bits per heavy atom. The molecule has 9 heteroatoms. The molecule has 0 spiro atoms. The quantitative estimate of drug-likeness (QED) is 0.208. The fraction of sp³-hybridized carbons (Fsp3) is 0.500. The van der Waals surface area contributed by atoms with Crippen molar-refractivity contribution in [1.82, 2.24) is 25.4 Å². The maximum Gasteiger partial charge on any atom is 0.227 e. The third-order valence-corrected chi connectivity index (χ3v) is 4.05. The van der Waals surface area contributed by atoms with Gasteiger partial charge in [0.25, 0.3) is 0 Å². The molecule has 160 valence electrons. The minimum absolute atomic E-state index is 0. The first-order valence-electron chi connectivity index (χ1n) is 9.74. The Morgan fingerprint density at radius 3 is 2.62 bits per heavy atom. The summed E-state index contributed by atoms with van der Waals surface area (Å²) in [6, 6.07) is 7.63. The Kier molecular flexibility index (Phi) is 11.3. The molecule has 2 rings (SSSR count). The fourth-order valence-electron chi connectivity index (χ4n) is 2.77. The van der Waals surface area contributed by atoms with Crippen LogP contribution in [0.25, 0.3) is 0 Å². The maximum absolute atomic E-state index is 12.1. The second-order valence-electron chi connectivity index (χ2n) is 6.65. The van der Waals surface area contributed by atoms with Crippen LogP contribution in [0.2, 0.25) is 0 Å². The van der Waals surface area contributed by atoms with Gasteiger partial charge in [-0.2, -0.15) is 5.10 Å². The van der Waals surface area contributed by atoms with Gasteiger partial charge in [-0.25, -0.2) is 4.98 Å². The lowest BCUT2D eigenvalue weighted by molar-refractivity contribution is -0.116. The molecule has 0 bridgehead atoms. The molecule has 0 saturated carbocycles. The number of hydrogen-bond donors (Lipinski definition) is 3. The largest absolute Gasteiger partial charge is 0.357 e. The summed E-state index contributed by atoms with van der Waals surface area (Å²) in [5, 5.41) is 13.7. The highest BCUT2D eigenvalue weighted by Crippen LogP contribution is 2.04. The molecule has 0 aliphatic carbocycles. The topological polar surface area (TPSA) is 96.2 Å². The van der Waals surface area contributed by atoms with Crippen molar-refractivity contribution in [2.45, 2.75) is 47.1 Å². The number of aliphatic imine (C=N–C) groups is 1. The summed E-state index contributed by atoms with van der Waals surface area (Å²) >= 11 is 0. The van der Waals surface area contributed by atoms with Crippen molar-refractivity contribution in [3.8, 4) is 0 Å². The fourth-order valence-corrected chi connectivity index (χ4v) is 2.77. The highest BCUT2D eigenvalue weighted by atomic mass is 127. The average Bonchev–Trinajstić information content (AvgIpc) is 2.96. The Labute approximate surface area is 190 Å². The zero-order chi connectivity index (χ0) is 20.4. The molecule has 3 N–H and O–H groups in total. The van der Waals surface area contributed by atoms with Crippen molar-refractivity contribution in [3.63, 3.8) is 0 Å². The molecule has 0 radical (unpaired) electrons. The Balaban J connectivity index is 0.00000420. The normalized spacial score (nSPS) is 11.0. The number of nitrogens with zero attached hydrogens (tertiary/aromatic N) is 4. The number of anilines is 1. The number of carbonyl (C=O) groups excluding carboxylic acids is 1. The molecule has 2 aromatic rings. The van der Waals surface area contributed by atoms with Crippen LogP contribution in [0.1, 0.15) is 36.8 Å². The summed E-state index contributed by atoms with van der Waals surface area (Å²) < 4.78 is 2.01. The van der Waals surface area contributed by atoms with E-state index in [1.807, 2.05) is 37.6 Å². The van der Waals surface area contributed by atoms with E-state index in [9.17, 15) is 4.79 Å². The molecule has 0 unspecified atom stereocenters. The number of nitrogens with one attached hydrogen (secondary N) is 3. The minimum Gasteiger partial charge on any atom is -0.357 e. The molecule has 0 aliphatic rings. The van der Waals surface area contributed by atoms with E-state index in [0.29, 0.717) is 25.3 Å². The number of amides is 1. The Morgan fingerprint density at radius 2 is 1.97 bits per heavy atom. The molecule has 29 heavy (non-hydrogen) atoms. The van der Waals surface area contributed by atoms with Crippen molar-refractivity contribution in [2.24, 2.45) is 4.99 Å². The van der Waals surface area contributed by atoms with E-state index in [-0.39, 0.29) is 29.9 Å². The SMILES string of the molecule is CCNC(=NCCCn1nc(C)cc1C)NCCC(=O)Nc1cccc(C)n1.I. The van der Waals surface area contributed by atoms with Crippen LogP contribution in [-0.4, -0.2) is 46.3 Å². The number of aryl methyl sites for hydroxylation is 4. The molecule has 0 fully saturated rings. The number of halogens is 1. The first kappa shape index (κ1) is 24.9. The molecule has 2 heterocycles. The summed E-state index contributed by atoms with van der Waals surface area (Å²) in [5.41, 5.74) is 3.08. The van der Waals surface area contributed by atoms with Gasteiger partial charge in [-0.15, -0.1) is 24.0 Å². The molecule has 0 saturated heterocycles. The Hall–Kier alpha value is -2.17. The van der Waals surface area contributed by atoms with Crippen LogP contribution in [0.15, 0.2) is 29.3 Å². The molecular formula is C20H32IN7O. The van der Waals surface area contributed by atoms with Gasteiger partial charge in [-0.05, 0) is 52.3 Å². The zero-order valence-corrected chi connectivity index (χ0v) is 20.0. The molecule has 1 amide bonds. The average molecular weight is 513 g/mol. The van der Waals surface area contributed by atoms with Crippen LogP contribution >= 0.6 is 24.0 Å². The third-order valence-electron chi connectivity index (χ3n) is 4.05. The van der Waals surface area contributed by atoms with Crippen LogP contribution < -0.4 is 16.0 Å². The number of hydrogen-bond acceptors (Lipinski definition) is 4. The van der Waals surface area contributed by atoms with E-state index in [0.717, 1.165) is 36.9 Å². The van der Waals surface area contributed by atoms with E-state index in [2.05, 4.69) is 44.0 Å². The number of aromatic nitrogens is 3. The lowest BCUT2D eigenvalue weighted by atomic mass is 10.3. The van der Waals surface area contributed by atoms with Crippen LogP contribution in [0, 0.1) is 20.8 Å². The van der Waals surface area contributed by atoms with E-state index in [4.69, 9.17) is 0 Å². The van der Waals surface area contributed by atoms with Crippen LogP contribution in [-0.2, 0) is 11.3 Å². The number of pyridine rings is 1. The molecule has 8 nitrogen and oxygen atoms in total. The van der Waals surface area contributed by atoms with Gasteiger partial charge in [0.1, 0.15) is 5.82 Å². The van der Waals surface area contributed by atoms with Crippen molar-refractivity contribution < 1.29 is 4.79 Å². The monoisotopic (exact) mass is 513 g/mol. The molecule has 0 aromatic carbocycles. The number of carbonyl (C=O) groups is 1. The van der Waals surface area contributed by atoms with E-state index in [1.54, 1.807) is 6.07 Å². The lowest BCUT2D eigenvalue weighted by Crippen LogP contribution is -2.38. The molecular weight excluding hydrogens is 481 g/mol. The number of rotatable bonds is 9. The van der Waals surface area contributed by atoms with Gasteiger partial charge in [-0.1, -0.05) is 6.07 Å². The summed E-state index contributed by atoms with van der Waals surface area (Å²) in [5.74, 6) is 1.22. The standard InChI is InChI=1S/C20H31N7O.HI/c1-5-21-20(22-11-7-13-27-17(4)14-16(3)26-27)23-12-10-19(28)25-18-9-6-8-15(2)24-18;/h6,8-9,14H,5,7,10-13H2,1-4H3,(H2,21,22,23)(H,24,25,28);1H. The first-order valence-corrected chi connectivity index (χ1v) is 9.74. The van der Waals surface area contributed by atoms with Gasteiger partial charge in [0.15, 0.2) is 5.96 Å². The lowest BCUT2D eigenvalue weighted by Gasteiger charge is -2.11. The summed E-state index contributed by atoms with van der Waals surface area (Å²) in [7, 11) is 0. The van der Waals surface area contributed by atoms with Gasteiger partial charge in [0.2, 0.25) is 5.91 Å². The third kappa shape index (κ3) is 9.25. The number of guanidine groups is 1. The van der Waals surface area contributed by atoms with E-state index < -0.39 is 0 Å². The Bertz CT molecular complexity index is 804. The second-order valence-corrected chi connectivity index (χ2v) is 6.65. The van der Waals surface area contributed by atoms with E-state index >= 15 is 0 Å². The van der Waals surface area contributed by atoms with Crippen LogP contribution in [0.3, 0.4) is 0 Å². The highest BCUT2D eigenvalue weighted by molar-refractivity contribution is 14.0. The minimum atomic E-state index is -0.0778. The molecule has 0 atom stereocenters. The highest BCUT2D eigenvalue weighted by Gasteiger charge is 2.05. The summed E-state index contributed by atoms with van der Waals surface area (Å²) in [6.07, 6.45) is 1.24. The van der Waals surface area contributed by atoms with Gasteiger partial charge in [-0.3, -0.25) is 14.5 Å². The van der Waals surface area contributed by atoms with Crippen molar-refractivity contribution in [3.05, 3.63) is 41.3 Å². The smallest absolute Gasteiger partial charge is 0.227 e. The predicted octanol–water partition coefficient (Wildman–Crippen LogP) is 2.80. The maximum atomic E-state index is 12.1. The van der Waals surface area contributed by atoms with Crippen LogP contribution in [0.4, 0.5) is 5.82 Å². The van der Waals surface area contributed by atoms with Crippen molar-refractivity contribution in [1.29, 1.82) is 0 Å². The first-order chi connectivity index (χ1) is 13.5. The summed E-state index contributed by atoms with van der Waals surface area (Å²) in [4.78, 5) is 20.9. The predicted molar refractivity (Wildman–Crippen MR) is 128 cm³/mol. The van der Waals surface area contributed by atoms with E-state index in [1.165, 1.54) is 5.69 Å². The molecule has 0 aliphatic heterocycles. The van der Waals surface area contributed by atoms with Gasteiger partial charge in [0, 0.05) is 44.0 Å². The zero-order valence-electron chi connectivity index (χ0n) is 17.7. The van der Waals surface area contributed by atoms with Crippen molar-refractivity contribution >= 4 is 41.7 Å². The van der Waals surface area contributed by atoms with Gasteiger partial charge >= 0.3 is 0 Å². The van der Waals surface area contributed by atoms with Crippen molar-refractivity contribution in [2.75, 3.05) is 25.0 Å². The van der Waals surface area contributed by atoms with Gasteiger partial charge in [0.05, 0.1) is 5.69 Å². The van der Waals surface area contributed by atoms with Gasteiger partial charge < -0.3 is 16.0 Å². The summed E-state index contributed by atoms with van der Waals surface area (Å²) in [6.45, 7) is 10.8.